The fourth-order valence-electron chi connectivity index (χ4n) is 6.57. The van der Waals surface area contributed by atoms with E-state index in [-0.39, 0.29) is 24.4 Å². The number of alkyl halides is 3. The molecule has 1 fully saturated rings. The van der Waals surface area contributed by atoms with E-state index in [1.54, 1.807) is 42.5 Å². The van der Waals surface area contributed by atoms with Gasteiger partial charge in [-0.25, -0.2) is 9.18 Å². The molecule has 0 bridgehead atoms. The zero-order chi connectivity index (χ0) is 32.6. The van der Waals surface area contributed by atoms with E-state index in [2.05, 4.69) is 11.0 Å². The Morgan fingerprint density at radius 3 is 2.33 bits per heavy atom. The molecule has 46 heavy (non-hydrogen) atoms. The van der Waals surface area contributed by atoms with Crippen molar-refractivity contribution in [2.75, 3.05) is 13.1 Å². The second kappa shape index (κ2) is 12.3. The van der Waals surface area contributed by atoms with Crippen LogP contribution < -0.4 is 17.0 Å². The van der Waals surface area contributed by atoms with E-state index in [1.807, 2.05) is 12.1 Å². The third kappa shape index (κ3) is 5.77. The Balaban J connectivity index is 1.42. The standard InChI is InChI=1S/C34H31F4N5O3/c35-27-12-6-11-26(34(36,37)38)25(27)19-42-29-21-46-33(13-15-41(16-14-33)18-24-10-5-4-9-23(24)17-39)30(29)31(44)43(32(42)45)20-28(40)22-7-2-1-3-8-22/h1-12,28H,13-16,18-21,40H2. The van der Waals surface area contributed by atoms with E-state index in [9.17, 15) is 28.0 Å². The predicted molar refractivity (Wildman–Crippen MR) is 161 cm³/mol. The van der Waals surface area contributed by atoms with Gasteiger partial charge in [-0.3, -0.25) is 18.8 Å². The molecule has 1 saturated heterocycles. The molecule has 0 saturated carbocycles. The van der Waals surface area contributed by atoms with Gasteiger partial charge in [-0.05, 0) is 42.2 Å². The van der Waals surface area contributed by atoms with Crippen molar-refractivity contribution in [3.05, 3.63) is 139 Å². The Morgan fingerprint density at radius 2 is 1.63 bits per heavy atom. The second-order valence-electron chi connectivity index (χ2n) is 11.7. The Bertz CT molecular complexity index is 1920. The molecule has 0 aliphatic carbocycles. The average molecular weight is 634 g/mol. The molecule has 0 amide bonds. The van der Waals surface area contributed by atoms with Crippen molar-refractivity contribution in [3.8, 4) is 6.07 Å². The van der Waals surface area contributed by atoms with Crippen LogP contribution in [-0.4, -0.2) is 27.1 Å². The van der Waals surface area contributed by atoms with Crippen molar-refractivity contribution < 1.29 is 22.3 Å². The van der Waals surface area contributed by atoms with Gasteiger partial charge in [-0.1, -0.05) is 54.6 Å². The lowest BCUT2D eigenvalue weighted by atomic mass is 9.85. The number of nitrogens with zero attached hydrogens (tertiary/aromatic N) is 4. The number of nitrogens with two attached hydrogens (primary N) is 1. The fourth-order valence-corrected chi connectivity index (χ4v) is 6.57. The van der Waals surface area contributed by atoms with Crippen LogP contribution in [0.3, 0.4) is 0 Å². The molecular weight excluding hydrogens is 602 g/mol. The largest absolute Gasteiger partial charge is 0.416 e. The van der Waals surface area contributed by atoms with Gasteiger partial charge in [0, 0.05) is 31.2 Å². The maximum atomic E-state index is 15.0. The molecule has 6 rings (SSSR count). The molecule has 1 unspecified atom stereocenters. The summed E-state index contributed by atoms with van der Waals surface area (Å²) < 4.78 is 65.2. The number of nitriles is 1. The monoisotopic (exact) mass is 633 g/mol. The summed E-state index contributed by atoms with van der Waals surface area (Å²) in [6.07, 6.45) is -4.15. The lowest BCUT2D eigenvalue weighted by Gasteiger charge is -2.39. The highest BCUT2D eigenvalue weighted by Crippen LogP contribution is 2.43. The highest BCUT2D eigenvalue weighted by Gasteiger charge is 2.47. The smallest absolute Gasteiger partial charge is 0.364 e. The summed E-state index contributed by atoms with van der Waals surface area (Å²) in [7, 11) is 0. The summed E-state index contributed by atoms with van der Waals surface area (Å²) in [5.74, 6) is -1.12. The lowest BCUT2D eigenvalue weighted by Crippen LogP contribution is -2.49. The molecule has 3 aromatic carbocycles. The maximum absolute atomic E-state index is 15.0. The van der Waals surface area contributed by atoms with Crippen LogP contribution in [0.1, 0.15) is 58.0 Å². The minimum atomic E-state index is -4.87. The lowest BCUT2D eigenvalue weighted by molar-refractivity contribution is -0.138. The molecule has 238 valence electrons. The minimum Gasteiger partial charge on any atom is -0.364 e. The van der Waals surface area contributed by atoms with Crippen LogP contribution in [0.4, 0.5) is 17.6 Å². The summed E-state index contributed by atoms with van der Waals surface area (Å²) in [6.45, 7) is 0.305. The van der Waals surface area contributed by atoms with Gasteiger partial charge in [0.05, 0.1) is 48.1 Å². The number of ether oxygens (including phenoxy) is 1. The van der Waals surface area contributed by atoms with E-state index in [4.69, 9.17) is 10.5 Å². The van der Waals surface area contributed by atoms with Crippen molar-refractivity contribution in [1.82, 2.24) is 14.0 Å². The van der Waals surface area contributed by atoms with E-state index in [1.165, 1.54) is 0 Å². The molecule has 1 spiro atoms. The summed E-state index contributed by atoms with van der Waals surface area (Å²) in [5.41, 5.74) is 4.33. The maximum Gasteiger partial charge on any atom is 0.416 e. The number of benzene rings is 3. The predicted octanol–water partition coefficient (Wildman–Crippen LogP) is 4.81. The summed E-state index contributed by atoms with van der Waals surface area (Å²) in [6, 6.07) is 20.2. The number of fused-ring (bicyclic) bond motifs is 2. The molecule has 1 atom stereocenters. The number of piperidine rings is 1. The van der Waals surface area contributed by atoms with Gasteiger partial charge in [0.1, 0.15) is 11.4 Å². The summed E-state index contributed by atoms with van der Waals surface area (Å²) >= 11 is 0. The quantitative estimate of drug-likeness (QED) is 0.293. The number of likely N-dealkylation sites (tertiary alicyclic amines) is 1. The summed E-state index contributed by atoms with van der Waals surface area (Å²) in [5, 5.41) is 9.50. The molecule has 4 aromatic rings. The first-order chi connectivity index (χ1) is 22.0. The highest BCUT2D eigenvalue weighted by atomic mass is 19.4. The van der Waals surface area contributed by atoms with Crippen LogP contribution >= 0.6 is 0 Å². The Hall–Kier alpha value is -4.57. The SMILES string of the molecule is N#Cc1ccccc1CN1CCC2(CC1)OCc1c2c(=O)n(CC(N)c2ccccc2)c(=O)n1Cc1c(F)cccc1C(F)(F)F. The van der Waals surface area contributed by atoms with Gasteiger partial charge in [0.25, 0.3) is 5.56 Å². The number of hydrogen-bond donors (Lipinski definition) is 1. The van der Waals surface area contributed by atoms with Crippen molar-refractivity contribution in [2.45, 2.75) is 56.9 Å². The molecule has 3 heterocycles. The van der Waals surface area contributed by atoms with Crippen LogP contribution in [0.5, 0.6) is 0 Å². The van der Waals surface area contributed by atoms with Gasteiger partial charge in [-0.15, -0.1) is 0 Å². The van der Waals surface area contributed by atoms with Crippen LogP contribution in [-0.2, 0) is 42.8 Å². The average Bonchev–Trinajstić information content (AvgIpc) is 3.41. The molecule has 1 aromatic heterocycles. The first-order valence-corrected chi connectivity index (χ1v) is 14.9. The molecule has 8 nitrogen and oxygen atoms in total. The van der Waals surface area contributed by atoms with E-state index in [0.717, 1.165) is 32.9 Å². The summed E-state index contributed by atoms with van der Waals surface area (Å²) in [4.78, 5) is 30.3. The van der Waals surface area contributed by atoms with Crippen molar-refractivity contribution in [2.24, 2.45) is 5.73 Å². The second-order valence-corrected chi connectivity index (χ2v) is 11.7. The Kier molecular flexibility index (Phi) is 8.41. The zero-order valence-electron chi connectivity index (χ0n) is 24.8. The van der Waals surface area contributed by atoms with Crippen LogP contribution in [0.2, 0.25) is 0 Å². The fraction of sp³-hybridized carbons (Fsp3) is 0.324. The third-order valence-corrected chi connectivity index (χ3v) is 9.02. The molecule has 0 radical (unpaired) electrons. The minimum absolute atomic E-state index is 0.138. The van der Waals surface area contributed by atoms with Crippen LogP contribution in [0.25, 0.3) is 0 Å². The third-order valence-electron chi connectivity index (χ3n) is 9.02. The number of aromatic nitrogens is 2. The van der Waals surface area contributed by atoms with Gasteiger partial charge >= 0.3 is 11.9 Å². The molecule has 2 aliphatic rings. The number of halogens is 4. The van der Waals surface area contributed by atoms with Crippen molar-refractivity contribution in [1.29, 1.82) is 5.26 Å². The topological polar surface area (TPSA) is 106 Å². The molecular formula is C34H31F4N5O3. The Labute approximate surface area is 261 Å². The molecule has 12 heteroatoms. The molecule has 2 aliphatic heterocycles. The zero-order valence-corrected chi connectivity index (χ0v) is 24.8. The molecule has 2 N–H and O–H groups in total. The number of rotatable bonds is 7. The van der Waals surface area contributed by atoms with Crippen LogP contribution in [0, 0.1) is 17.1 Å². The number of hydrogen-bond acceptors (Lipinski definition) is 6. The van der Waals surface area contributed by atoms with Crippen LogP contribution in [0.15, 0.2) is 82.4 Å². The first-order valence-electron chi connectivity index (χ1n) is 14.9. The Morgan fingerprint density at radius 1 is 0.935 bits per heavy atom. The normalized spacial score (nSPS) is 16.7. The van der Waals surface area contributed by atoms with E-state index < -0.39 is 52.6 Å². The van der Waals surface area contributed by atoms with E-state index in [0.29, 0.717) is 43.6 Å². The first kappa shape index (κ1) is 31.4. The van der Waals surface area contributed by atoms with Gasteiger partial charge in [-0.2, -0.15) is 18.4 Å². The highest BCUT2D eigenvalue weighted by molar-refractivity contribution is 5.38. The van der Waals surface area contributed by atoms with E-state index >= 15 is 4.39 Å². The van der Waals surface area contributed by atoms with Gasteiger partial charge < -0.3 is 10.5 Å². The van der Waals surface area contributed by atoms with Gasteiger partial charge in [0.15, 0.2) is 0 Å². The van der Waals surface area contributed by atoms with Crippen molar-refractivity contribution >= 4 is 0 Å². The van der Waals surface area contributed by atoms with Gasteiger partial charge in [0.2, 0.25) is 0 Å². The van der Waals surface area contributed by atoms with Crippen molar-refractivity contribution in [3.63, 3.8) is 0 Å².